The highest BCUT2D eigenvalue weighted by Gasteiger charge is 2.39. The average molecular weight is 341 g/mol. The normalized spacial score (nSPS) is 23.3. The Kier molecular flexibility index (Phi) is 3.35. The number of rotatable bonds is 2. The lowest BCUT2D eigenvalue weighted by molar-refractivity contribution is 0.0694. The lowest BCUT2D eigenvalue weighted by atomic mass is 9.75. The zero-order valence-electron chi connectivity index (χ0n) is 14.2. The number of benzene rings is 3. The van der Waals surface area contributed by atoms with Crippen LogP contribution in [0.3, 0.4) is 0 Å². The fourth-order valence-corrected chi connectivity index (χ4v) is 4.61. The summed E-state index contributed by atoms with van der Waals surface area (Å²) in [5.41, 5.74) is 3.71. The molecule has 3 nitrogen and oxygen atoms in total. The van der Waals surface area contributed by atoms with Gasteiger partial charge in [0.15, 0.2) is 0 Å². The second-order valence-electron chi connectivity index (χ2n) is 7.12. The summed E-state index contributed by atoms with van der Waals surface area (Å²) >= 11 is 0. The van der Waals surface area contributed by atoms with Crippen molar-refractivity contribution in [2.45, 2.75) is 18.4 Å². The maximum absolute atomic E-state index is 11.8. The smallest absolute Gasteiger partial charge is 0.336 e. The molecule has 1 heterocycles. The number of carbonyl (C=O) groups is 1. The van der Waals surface area contributed by atoms with Gasteiger partial charge in [0.2, 0.25) is 0 Å². The van der Waals surface area contributed by atoms with E-state index in [1.807, 2.05) is 18.2 Å². The lowest BCUT2D eigenvalue weighted by Crippen LogP contribution is -2.30. The molecule has 5 rings (SSSR count). The SMILES string of the molecule is O=C(O)c1ccccc1[C@@H]1Nc2c(ccc3ccccc23)[C@H]2C=CC[C@@H]21. The maximum Gasteiger partial charge on any atom is 0.336 e. The molecule has 0 radical (unpaired) electrons. The van der Waals surface area contributed by atoms with E-state index >= 15 is 0 Å². The zero-order valence-corrected chi connectivity index (χ0v) is 14.2. The maximum atomic E-state index is 11.8. The summed E-state index contributed by atoms with van der Waals surface area (Å²) in [6.07, 6.45) is 5.48. The van der Waals surface area contributed by atoms with Crippen molar-refractivity contribution in [3.8, 4) is 0 Å². The highest BCUT2D eigenvalue weighted by atomic mass is 16.4. The van der Waals surface area contributed by atoms with Crippen LogP contribution in [0.25, 0.3) is 10.8 Å². The number of hydrogen-bond acceptors (Lipinski definition) is 2. The second-order valence-corrected chi connectivity index (χ2v) is 7.12. The van der Waals surface area contributed by atoms with E-state index in [2.05, 4.69) is 47.8 Å². The third kappa shape index (κ3) is 2.17. The standard InChI is InChI=1S/C23H19NO2/c25-23(26)20-9-4-3-8-18(20)22-17-11-5-10-16(17)19-13-12-14-6-1-2-7-15(14)21(19)24-22/h1-10,12-13,16-17,22,24H,11H2,(H,25,26)/t16-,17-,22+/m0/s1. The number of carboxylic acid groups (broad SMARTS) is 1. The van der Waals surface area contributed by atoms with Gasteiger partial charge in [0.25, 0.3) is 0 Å². The molecule has 1 aliphatic carbocycles. The quantitative estimate of drug-likeness (QED) is 0.617. The van der Waals surface area contributed by atoms with Gasteiger partial charge in [-0.2, -0.15) is 0 Å². The second kappa shape index (κ2) is 5.73. The Labute approximate surface area is 152 Å². The minimum absolute atomic E-state index is 0.0133. The summed E-state index contributed by atoms with van der Waals surface area (Å²) in [6, 6.07) is 20.1. The molecule has 128 valence electrons. The number of aromatic carboxylic acids is 1. The van der Waals surface area contributed by atoms with E-state index in [1.54, 1.807) is 12.1 Å². The molecule has 0 spiro atoms. The Morgan fingerprint density at radius 1 is 0.962 bits per heavy atom. The van der Waals surface area contributed by atoms with Gasteiger partial charge in [-0.25, -0.2) is 4.79 Å². The van der Waals surface area contributed by atoms with Gasteiger partial charge >= 0.3 is 5.97 Å². The minimum Gasteiger partial charge on any atom is -0.478 e. The van der Waals surface area contributed by atoms with Crippen molar-refractivity contribution in [1.29, 1.82) is 0 Å². The largest absolute Gasteiger partial charge is 0.478 e. The Morgan fingerprint density at radius 2 is 1.77 bits per heavy atom. The molecule has 0 amide bonds. The van der Waals surface area contributed by atoms with Gasteiger partial charge in [-0.1, -0.05) is 66.7 Å². The minimum atomic E-state index is -0.867. The van der Waals surface area contributed by atoms with Gasteiger partial charge in [0.1, 0.15) is 0 Å². The summed E-state index contributed by atoms with van der Waals surface area (Å²) < 4.78 is 0. The Bertz CT molecular complexity index is 1050. The van der Waals surface area contributed by atoms with Gasteiger partial charge in [-0.05, 0) is 34.9 Å². The first-order chi connectivity index (χ1) is 12.7. The van der Waals surface area contributed by atoms with Crippen LogP contribution in [0, 0.1) is 5.92 Å². The van der Waals surface area contributed by atoms with E-state index in [9.17, 15) is 9.90 Å². The molecule has 2 aliphatic rings. The van der Waals surface area contributed by atoms with Crippen LogP contribution in [0.4, 0.5) is 5.69 Å². The fraction of sp³-hybridized carbons (Fsp3) is 0.174. The van der Waals surface area contributed by atoms with E-state index in [0.717, 1.165) is 17.7 Å². The van der Waals surface area contributed by atoms with Gasteiger partial charge in [0, 0.05) is 17.0 Å². The molecule has 3 heteroatoms. The van der Waals surface area contributed by atoms with Gasteiger partial charge in [-0.15, -0.1) is 0 Å². The predicted octanol–water partition coefficient (Wildman–Crippen LogP) is 5.36. The van der Waals surface area contributed by atoms with Crippen LogP contribution >= 0.6 is 0 Å². The molecule has 26 heavy (non-hydrogen) atoms. The molecule has 3 atom stereocenters. The van der Waals surface area contributed by atoms with Crippen molar-refractivity contribution in [2.24, 2.45) is 5.92 Å². The van der Waals surface area contributed by atoms with Crippen LogP contribution in [0.5, 0.6) is 0 Å². The average Bonchev–Trinajstić information content (AvgIpc) is 3.17. The van der Waals surface area contributed by atoms with Crippen molar-refractivity contribution in [3.63, 3.8) is 0 Å². The first-order valence-corrected chi connectivity index (χ1v) is 9.01. The highest BCUT2D eigenvalue weighted by molar-refractivity contribution is 5.97. The van der Waals surface area contributed by atoms with Crippen LogP contribution in [0.2, 0.25) is 0 Å². The number of allylic oxidation sites excluding steroid dienone is 2. The molecular weight excluding hydrogens is 322 g/mol. The Balaban J connectivity index is 1.72. The van der Waals surface area contributed by atoms with E-state index in [0.29, 0.717) is 17.4 Å². The molecule has 0 unspecified atom stereocenters. The molecule has 3 aromatic carbocycles. The molecule has 0 fully saturated rings. The van der Waals surface area contributed by atoms with Crippen LogP contribution in [0.15, 0.2) is 72.8 Å². The predicted molar refractivity (Wildman–Crippen MR) is 104 cm³/mol. The summed E-state index contributed by atoms with van der Waals surface area (Å²) in [7, 11) is 0. The molecule has 0 saturated carbocycles. The molecule has 1 aliphatic heterocycles. The molecule has 0 saturated heterocycles. The van der Waals surface area contributed by atoms with Gasteiger partial charge < -0.3 is 10.4 Å². The summed E-state index contributed by atoms with van der Waals surface area (Å²) in [5, 5.41) is 15.8. The first kappa shape index (κ1) is 15.2. The zero-order chi connectivity index (χ0) is 17.7. The molecule has 0 bridgehead atoms. The third-order valence-electron chi connectivity index (χ3n) is 5.79. The van der Waals surface area contributed by atoms with Crippen LogP contribution in [-0.2, 0) is 0 Å². The fourth-order valence-electron chi connectivity index (χ4n) is 4.61. The molecular formula is C23H19NO2. The summed E-state index contributed by atoms with van der Waals surface area (Å²) in [6.45, 7) is 0. The van der Waals surface area contributed by atoms with E-state index in [4.69, 9.17) is 0 Å². The summed E-state index contributed by atoms with van der Waals surface area (Å²) in [4.78, 5) is 11.8. The van der Waals surface area contributed by atoms with E-state index < -0.39 is 5.97 Å². The number of anilines is 1. The number of hydrogen-bond donors (Lipinski definition) is 2. The topological polar surface area (TPSA) is 49.3 Å². The van der Waals surface area contributed by atoms with E-state index in [1.165, 1.54) is 16.3 Å². The van der Waals surface area contributed by atoms with E-state index in [-0.39, 0.29) is 6.04 Å². The summed E-state index contributed by atoms with van der Waals surface area (Å²) in [5.74, 6) is -0.208. The molecule has 2 N–H and O–H groups in total. The van der Waals surface area contributed by atoms with Gasteiger partial charge in [-0.3, -0.25) is 0 Å². The lowest BCUT2D eigenvalue weighted by Gasteiger charge is -2.38. The number of nitrogens with one attached hydrogen (secondary N) is 1. The Morgan fingerprint density at radius 3 is 2.65 bits per heavy atom. The Hall–Kier alpha value is -3.07. The van der Waals surface area contributed by atoms with Crippen molar-refractivity contribution >= 4 is 22.4 Å². The number of fused-ring (bicyclic) bond motifs is 5. The highest BCUT2D eigenvalue weighted by Crippen LogP contribution is 2.51. The van der Waals surface area contributed by atoms with Crippen LogP contribution in [0.1, 0.15) is 39.9 Å². The van der Waals surface area contributed by atoms with Gasteiger partial charge in [0.05, 0.1) is 11.6 Å². The van der Waals surface area contributed by atoms with Crippen LogP contribution in [-0.4, -0.2) is 11.1 Å². The monoisotopic (exact) mass is 341 g/mol. The first-order valence-electron chi connectivity index (χ1n) is 9.01. The molecule has 3 aromatic rings. The van der Waals surface area contributed by atoms with Crippen molar-refractivity contribution < 1.29 is 9.90 Å². The number of carboxylic acids is 1. The van der Waals surface area contributed by atoms with Crippen molar-refractivity contribution in [3.05, 3.63) is 89.5 Å². The van der Waals surface area contributed by atoms with Crippen LogP contribution < -0.4 is 5.32 Å². The van der Waals surface area contributed by atoms with Crippen molar-refractivity contribution in [1.82, 2.24) is 0 Å². The molecule has 0 aromatic heterocycles. The third-order valence-corrected chi connectivity index (χ3v) is 5.79. The van der Waals surface area contributed by atoms with Crippen molar-refractivity contribution in [2.75, 3.05) is 5.32 Å².